The maximum absolute atomic E-state index is 13.3. The maximum atomic E-state index is 13.3. The first kappa shape index (κ1) is 26.4. The van der Waals surface area contributed by atoms with Crippen LogP contribution in [-0.2, 0) is 14.3 Å². The van der Waals surface area contributed by atoms with Crippen LogP contribution in [0.15, 0.2) is 9.85 Å². The standard InChI is InChI=1S/C25H36BrN3O5S/c1-23(2,3)34-22(32)27-19-17(13-18(26)35-19)20(30)28-11-7-16(8-12-28)29-10-6-9-25(15-29)14-24(4,5)33-21(25)31/h13,16H,6-12,14-15H2,1-5H3,(H,27,32). The lowest BCUT2D eigenvalue weighted by Gasteiger charge is -2.44. The largest absolute Gasteiger partial charge is 0.459 e. The summed E-state index contributed by atoms with van der Waals surface area (Å²) in [7, 11) is 0. The summed E-state index contributed by atoms with van der Waals surface area (Å²) in [5.74, 6) is -0.138. The molecular formula is C25H36BrN3O5S. The third-order valence-corrected chi connectivity index (χ3v) is 8.54. The molecule has 0 bridgehead atoms. The van der Waals surface area contributed by atoms with Crippen LogP contribution >= 0.6 is 27.3 Å². The summed E-state index contributed by atoms with van der Waals surface area (Å²) in [6.45, 7) is 12.4. The van der Waals surface area contributed by atoms with Gasteiger partial charge < -0.3 is 14.4 Å². The number of carbonyl (C=O) groups excluding carboxylic acids is 3. The number of rotatable bonds is 3. The number of amides is 2. The number of likely N-dealkylation sites (tertiary alicyclic amines) is 2. The van der Waals surface area contributed by atoms with Crippen molar-refractivity contribution < 1.29 is 23.9 Å². The molecule has 1 atom stereocenters. The number of thiophene rings is 1. The van der Waals surface area contributed by atoms with Crippen LogP contribution in [0, 0.1) is 5.41 Å². The molecule has 4 heterocycles. The molecule has 3 aliphatic heterocycles. The van der Waals surface area contributed by atoms with Gasteiger partial charge in [-0.25, -0.2) is 4.79 Å². The lowest BCUT2D eigenvalue weighted by Crippen LogP contribution is -2.53. The van der Waals surface area contributed by atoms with Crippen molar-refractivity contribution in [2.75, 3.05) is 31.5 Å². The predicted molar refractivity (Wildman–Crippen MR) is 139 cm³/mol. The van der Waals surface area contributed by atoms with Gasteiger partial charge in [-0.05, 0) is 88.8 Å². The van der Waals surface area contributed by atoms with E-state index in [9.17, 15) is 14.4 Å². The number of cyclic esters (lactones) is 1. The number of piperidine rings is 2. The van der Waals surface area contributed by atoms with Crippen molar-refractivity contribution in [3.63, 3.8) is 0 Å². The Kier molecular flexibility index (Phi) is 7.30. The van der Waals surface area contributed by atoms with Gasteiger partial charge in [0.25, 0.3) is 5.91 Å². The zero-order valence-electron chi connectivity index (χ0n) is 21.2. The van der Waals surface area contributed by atoms with Crippen molar-refractivity contribution in [1.82, 2.24) is 9.80 Å². The molecule has 35 heavy (non-hydrogen) atoms. The monoisotopic (exact) mass is 569 g/mol. The van der Waals surface area contributed by atoms with Gasteiger partial charge in [-0.3, -0.25) is 19.8 Å². The minimum absolute atomic E-state index is 0.0483. The molecule has 0 aromatic carbocycles. The average Bonchev–Trinajstić information content (AvgIpc) is 3.21. The lowest BCUT2D eigenvalue weighted by molar-refractivity contribution is -0.154. The highest BCUT2D eigenvalue weighted by Crippen LogP contribution is 2.46. The number of hydrogen-bond acceptors (Lipinski definition) is 7. The van der Waals surface area contributed by atoms with Crippen molar-refractivity contribution in [2.45, 2.75) is 84.0 Å². The summed E-state index contributed by atoms with van der Waals surface area (Å²) in [4.78, 5) is 42.7. The summed E-state index contributed by atoms with van der Waals surface area (Å²) >= 11 is 4.74. The third kappa shape index (κ3) is 6.02. The molecular weight excluding hydrogens is 534 g/mol. The normalized spacial score (nSPS) is 25.5. The second-order valence-corrected chi connectivity index (χ2v) is 14.1. The fraction of sp³-hybridized carbons (Fsp3) is 0.720. The quantitative estimate of drug-likeness (QED) is 0.499. The molecule has 3 fully saturated rings. The Morgan fingerprint density at radius 2 is 1.91 bits per heavy atom. The van der Waals surface area contributed by atoms with Gasteiger partial charge in [-0.1, -0.05) is 0 Å². The van der Waals surface area contributed by atoms with E-state index in [1.165, 1.54) is 11.3 Å². The minimum Gasteiger partial charge on any atom is -0.459 e. The number of nitrogens with zero attached hydrogens (tertiary/aromatic N) is 2. The number of carbonyl (C=O) groups is 3. The number of ether oxygens (including phenoxy) is 2. The molecule has 1 aromatic rings. The van der Waals surface area contributed by atoms with Crippen molar-refractivity contribution in [1.29, 1.82) is 0 Å². The van der Waals surface area contributed by atoms with Crippen molar-refractivity contribution in [2.24, 2.45) is 5.41 Å². The average molecular weight is 571 g/mol. The molecule has 10 heteroatoms. The van der Waals surface area contributed by atoms with E-state index in [0.29, 0.717) is 29.7 Å². The topological polar surface area (TPSA) is 88.2 Å². The van der Waals surface area contributed by atoms with Gasteiger partial charge in [0.05, 0.1) is 14.8 Å². The van der Waals surface area contributed by atoms with Gasteiger partial charge in [0, 0.05) is 32.1 Å². The number of hydrogen-bond donors (Lipinski definition) is 1. The molecule has 2 amide bonds. The first-order valence-corrected chi connectivity index (χ1v) is 13.9. The smallest absolute Gasteiger partial charge is 0.412 e. The summed E-state index contributed by atoms with van der Waals surface area (Å²) in [5, 5.41) is 3.22. The molecule has 4 rings (SSSR count). The molecule has 1 aromatic heterocycles. The molecule has 3 aliphatic rings. The Bertz CT molecular complexity index is 996. The van der Waals surface area contributed by atoms with E-state index < -0.39 is 17.3 Å². The van der Waals surface area contributed by atoms with Gasteiger partial charge in [0.2, 0.25) is 0 Å². The van der Waals surface area contributed by atoms with Crippen LogP contribution in [0.3, 0.4) is 0 Å². The Hall–Kier alpha value is -1.65. The van der Waals surface area contributed by atoms with Crippen LogP contribution in [-0.4, -0.2) is 71.2 Å². The van der Waals surface area contributed by atoms with Gasteiger partial charge in [-0.15, -0.1) is 11.3 Å². The fourth-order valence-electron chi connectivity index (χ4n) is 5.69. The molecule has 8 nitrogen and oxygen atoms in total. The second-order valence-electron chi connectivity index (χ2n) is 11.6. The molecule has 1 unspecified atom stereocenters. The van der Waals surface area contributed by atoms with Crippen molar-refractivity contribution in [3.8, 4) is 0 Å². The van der Waals surface area contributed by atoms with Crippen LogP contribution in [0.1, 0.15) is 77.1 Å². The van der Waals surface area contributed by atoms with Gasteiger partial charge in [0.1, 0.15) is 16.2 Å². The molecule has 0 aliphatic carbocycles. The lowest BCUT2D eigenvalue weighted by atomic mass is 9.74. The number of halogens is 1. The minimum atomic E-state index is -0.622. The maximum Gasteiger partial charge on any atom is 0.412 e. The van der Waals surface area contributed by atoms with Crippen LogP contribution in [0.5, 0.6) is 0 Å². The summed E-state index contributed by atoms with van der Waals surface area (Å²) in [6.07, 6.45) is 3.80. The van der Waals surface area contributed by atoms with Crippen LogP contribution < -0.4 is 5.32 Å². The fourth-order valence-corrected chi connectivity index (χ4v) is 7.16. The Labute approximate surface area is 219 Å². The molecule has 0 saturated carbocycles. The Balaban J connectivity index is 1.37. The molecule has 3 saturated heterocycles. The van der Waals surface area contributed by atoms with Crippen LogP contribution in [0.2, 0.25) is 0 Å². The van der Waals surface area contributed by atoms with E-state index >= 15 is 0 Å². The molecule has 0 radical (unpaired) electrons. The van der Waals surface area contributed by atoms with Gasteiger partial charge in [-0.2, -0.15) is 0 Å². The second kappa shape index (κ2) is 9.67. The number of nitrogens with one attached hydrogen (secondary N) is 1. The van der Waals surface area contributed by atoms with E-state index in [2.05, 4.69) is 26.1 Å². The number of esters is 1. The first-order valence-electron chi connectivity index (χ1n) is 12.3. The predicted octanol–water partition coefficient (Wildman–Crippen LogP) is 5.27. The SMILES string of the molecule is CC(C)(C)OC(=O)Nc1sc(Br)cc1C(=O)N1CCC(N2CCCC3(C2)CC(C)(C)OC3=O)CC1. The van der Waals surface area contributed by atoms with E-state index in [4.69, 9.17) is 9.47 Å². The van der Waals surface area contributed by atoms with E-state index in [1.807, 2.05) is 18.7 Å². The van der Waals surface area contributed by atoms with E-state index in [-0.39, 0.29) is 17.3 Å². The third-order valence-electron chi connectivity index (χ3n) is 6.99. The summed E-state index contributed by atoms with van der Waals surface area (Å²) in [6, 6.07) is 2.11. The van der Waals surface area contributed by atoms with Crippen LogP contribution in [0.4, 0.5) is 9.80 Å². The highest BCUT2D eigenvalue weighted by atomic mass is 79.9. The molecule has 1 spiro atoms. The van der Waals surface area contributed by atoms with Gasteiger partial charge >= 0.3 is 12.1 Å². The van der Waals surface area contributed by atoms with Crippen molar-refractivity contribution >= 4 is 50.2 Å². The molecule has 194 valence electrons. The zero-order chi connectivity index (χ0) is 25.6. The zero-order valence-corrected chi connectivity index (χ0v) is 23.6. The highest BCUT2D eigenvalue weighted by molar-refractivity contribution is 9.11. The van der Waals surface area contributed by atoms with Crippen LogP contribution in [0.25, 0.3) is 0 Å². The Morgan fingerprint density at radius 3 is 2.51 bits per heavy atom. The summed E-state index contributed by atoms with van der Waals surface area (Å²) < 4.78 is 11.8. The van der Waals surface area contributed by atoms with E-state index in [1.54, 1.807) is 26.8 Å². The summed E-state index contributed by atoms with van der Waals surface area (Å²) in [5.41, 5.74) is -0.933. The molecule has 1 N–H and O–H groups in total. The Morgan fingerprint density at radius 1 is 1.23 bits per heavy atom. The highest BCUT2D eigenvalue weighted by Gasteiger charge is 2.54. The van der Waals surface area contributed by atoms with Gasteiger partial charge in [0.15, 0.2) is 0 Å². The first-order chi connectivity index (χ1) is 16.3. The van der Waals surface area contributed by atoms with E-state index in [0.717, 1.165) is 49.0 Å². The van der Waals surface area contributed by atoms with Crippen molar-refractivity contribution in [3.05, 3.63) is 15.4 Å². The number of anilines is 1.